The zero-order valence-corrected chi connectivity index (χ0v) is 19.4. The maximum atomic E-state index is 17.2. The number of carbonyl (C=O) groups excluding carboxylic acids is 4. The molecular formula is C25H31FO7. The van der Waals surface area contributed by atoms with E-state index in [1.54, 1.807) is 20.8 Å². The van der Waals surface area contributed by atoms with Crippen molar-refractivity contribution in [2.75, 3.05) is 6.61 Å². The molecule has 0 heterocycles. The number of ether oxygens (including phenoxy) is 1. The largest absolute Gasteiger partial charge is 0.450 e. The Bertz CT molecular complexity index is 1000. The van der Waals surface area contributed by atoms with Gasteiger partial charge in [-0.1, -0.05) is 26.8 Å². The zero-order valence-electron chi connectivity index (χ0n) is 19.4. The highest BCUT2D eigenvalue weighted by molar-refractivity contribution is 6.10. The van der Waals surface area contributed by atoms with Crippen LogP contribution in [0.3, 0.4) is 0 Å². The molecule has 0 aromatic carbocycles. The second-order valence-electron chi connectivity index (χ2n) is 10.5. The Hall–Kier alpha value is -2.19. The van der Waals surface area contributed by atoms with Crippen LogP contribution in [-0.2, 0) is 23.9 Å². The number of fused-ring (bicyclic) bond motifs is 5. The van der Waals surface area contributed by atoms with Gasteiger partial charge in [0.2, 0.25) is 5.78 Å². The Labute approximate surface area is 192 Å². The Morgan fingerprint density at radius 2 is 1.91 bits per heavy atom. The summed E-state index contributed by atoms with van der Waals surface area (Å²) in [5, 5.41) is 21.1. The predicted octanol–water partition coefficient (Wildman–Crippen LogP) is 2.04. The van der Waals surface area contributed by atoms with Crippen LogP contribution in [0.2, 0.25) is 0 Å². The number of hydrogen-bond donors (Lipinski definition) is 2. The molecule has 0 saturated heterocycles. The summed E-state index contributed by atoms with van der Waals surface area (Å²) in [5.74, 6) is -4.17. The van der Waals surface area contributed by atoms with Gasteiger partial charge < -0.3 is 14.9 Å². The van der Waals surface area contributed by atoms with Crippen molar-refractivity contribution in [3.63, 3.8) is 0 Å². The molecule has 3 saturated carbocycles. The molecule has 0 aromatic rings. The second-order valence-corrected chi connectivity index (χ2v) is 10.5. The average Bonchev–Trinajstić information content (AvgIpc) is 2.98. The summed E-state index contributed by atoms with van der Waals surface area (Å²) in [6.45, 7) is 5.67. The first-order valence-corrected chi connectivity index (χ1v) is 11.5. The van der Waals surface area contributed by atoms with Crippen molar-refractivity contribution < 1.29 is 38.5 Å². The van der Waals surface area contributed by atoms with Crippen LogP contribution in [0.5, 0.6) is 0 Å². The highest BCUT2D eigenvalue weighted by Crippen LogP contribution is 2.71. The average molecular weight is 463 g/mol. The Morgan fingerprint density at radius 1 is 1.24 bits per heavy atom. The summed E-state index contributed by atoms with van der Waals surface area (Å²) < 4.78 is 23.0. The molecule has 33 heavy (non-hydrogen) atoms. The molecule has 8 atom stereocenters. The fourth-order valence-electron chi connectivity index (χ4n) is 7.60. The van der Waals surface area contributed by atoms with Crippen LogP contribution in [0.15, 0.2) is 23.8 Å². The van der Waals surface area contributed by atoms with E-state index in [-0.39, 0.29) is 37.0 Å². The Balaban J connectivity index is 1.89. The Morgan fingerprint density at radius 3 is 2.52 bits per heavy atom. The number of carbonyl (C=O) groups is 4. The number of allylic oxidation sites excluding steroid dienone is 4. The summed E-state index contributed by atoms with van der Waals surface area (Å²) in [6.07, 6.45) is 2.03. The first-order chi connectivity index (χ1) is 15.3. The van der Waals surface area contributed by atoms with E-state index in [0.29, 0.717) is 0 Å². The van der Waals surface area contributed by atoms with Gasteiger partial charge in [0, 0.05) is 35.7 Å². The third-order valence-electron chi connectivity index (χ3n) is 9.15. The number of aliphatic hydroxyl groups excluding tert-OH is 2. The maximum absolute atomic E-state index is 17.2. The molecule has 3 fully saturated rings. The normalized spacial score (nSPS) is 46.2. The molecule has 8 heteroatoms. The van der Waals surface area contributed by atoms with Crippen LogP contribution in [-0.4, -0.2) is 57.5 Å². The summed E-state index contributed by atoms with van der Waals surface area (Å²) in [4.78, 5) is 50.7. The second kappa shape index (κ2) is 7.40. The molecule has 4 aliphatic carbocycles. The molecule has 0 aromatic heterocycles. The summed E-state index contributed by atoms with van der Waals surface area (Å²) in [7, 11) is 0. The minimum absolute atomic E-state index is 0.0104. The minimum atomic E-state index is -2.26. The van der Waals surface area contributed by atoms with Crippen molar-refractivity contribution in [1.82, 2.24) is 0 Å². The van der Waals surface area contributed by atoms with Crippen molar-refractivity contribution >= 4 is 23.3 Å². The van der Waals surface area contributed by atoms with E-state index in [2.05, 4.69) is 0 Å². The van der Waals surface area contributed by atoms with E-state index in [4.69, 9.17) is 4.74 Å². The molecule has 4 aliphatic rings. The highest BCUT2D eigenvalue weighted by Gasteiger charge is 2.77. The van der Waals surface area contributed by atoms with E-state index >= 15 is 4.39 Å². The first-order valence-electron chi connectivity index (χ1n) is 11.5. The number of hydrogen-bond acceptors (Lipinski definition) is 7. The summed E-state index contributed by atoms with van der Waals surface area (Å²) in [5.41, 5.74) is -6.64. The molecule has 180 valence electrons. The molecular weight excluding hydrogens is 431 g/mol. The molecule has 0 aliphatic heterocycles. The first kappa shape index (κ1) is 24.0. The van der Waals surface area contributed by atoms with E-state index in [1.807, 2.05) is 0 Å². The monoisotopic (exact) mass is 462 g/mol. The quantitative estimate of drug-likeness (QED) is 0.614. The van der Waals surface area contributed by atoms with Gasteiger partial charge in [-0.15, -0.1) is 0 Å². The molecule has 0 bridgehead atoms. The topological polar surface area (TPSA) is 118 Å². The highest BCUT2D eigenvalue weighted by atomic mass is 19.1. The maximum Gasteiger partial charge on any atom is 0.306 e. The van der Waals surface area contributed by atoms with Crippen LogP contribution in [0, 0.1) is 28.6 Å². The fourth-order valence-corrected chi connectivity index (χ4v) is 7.60. The molecule has 0 amide bonds. The van der Waals surface area contributed by atoms with Crippen molar-refractivity contribution in [1.29, 1.82) is 0 Å². The molecule has 0 spiro atoms. The summed E-state index contributed by atoms with van der Waals surface area (Å²) in [6, 6.07) is 0. The Kier molecular flexibility index (Phi) is 5.37. The lowest BCUT2D eigenvalue weighted by Gasteiger charge is -2.62. The SMILES string of the molecule is CCC(=O)O[C@@]1(C(=O)CO)[C@@H](C)C[C@H]2[C@@H]3CC(=O)C4=CC(=O)C=C[C@]4(C)[C@@]3(F)[C@@H](O)C[C@@]21C. The van der Waals surface area contributed by atoms with Crippen LogP contribution in [0.25, 0.3) is 0 Å². The molecule has 7 nitrogen and oxygen atoms in total. The summed E-state index contributed by atoms with van der Waals surface area (Å²) >= 11 is 0. The molecule has 4 rings (SSSR count). The van der Waals surface area contributed by atoms with E-state index in [1.165, 1.54) is 19.1 Å². The number of halogens is 1. The molecule has 2 N–H and O–H groups in total. The smallest absolute Gasteiger partial charge is 0.306 e. The molecule has 0 radical (unpaired) electrons. The van der Waals surface area contributed by atoms with Gasteiger partial charge in [-0.25, -0.2) is 4.39 Å². The van der Waals surface area contributed by atoms with Gasteiger partial charge in [-0.3, -0.25) is 19.2 Å². The molecule has 0 unspecified atom stereocenters. The van der Waals surface area contributed by atoms with E-state index in [0.717, 1.165) is 6.08 Å². The number of Topliss-reactive ketones (excluding diaryl/α,β-unsaturated/α-hetero) is 2. The van der Waals surface area contributed by atoms with Gasteiger partial charge in [0.25, 0.3) is 0 Å². The predicted molar refractivity (Wildman–Crippen MR) is 114 cm³/mol. The van der Waals surface area contributed by atoms with Crippen molar-refractivity contribution in [2.24, 2.45) is 28.6 Å². The number of rotatable bonds is 4. The van der Waals surface area contributed by atoms with Crippen LogP contribution < -0.4 is 0 Å². The van der Waals surface area contributed by atoms with E-state index in [9.17, 15) is 29.4 Å². The van der Waals surface area contributed by atoms with Crippen molar-refractivity contribution in [3.8, 4) is 0 Å². The number of esters is 1. The van der Waals surface area contributed by atoms with Gasteiger partial charge in [0.15, 0.2) is 22.8 Å². The zero-order chi connectivity index (χ0) is 24.6. The fraction of sp³-hybridized carbons (Fsp3) is 0.680. The van der Waals surface area contributed by atoms with Crippen molar-refractivity contribution in [3.05, 3.63) is 23.8 Å². The van der Waals surface area contributed by atoms with Crippen molar-refractivity contribution in [2.45, 2.75) is 70.8 Å². The lowest BCUT2D eigenvalue weighted by Crippen LogP contribution is -2.71. The third-order valence-corrected chi connectivity index (χ3v) is 9.15. The van der Waals surface area contributed by atoms with E-state index < -0.39 is 70.1 Å². The number of ketones is 3. The number of aliphatic hydroxyl groups is 2. The lowest BCUT2D eigenvalue weighted by atomic mass is 9.44. The van der Waals surface area contributed by atoms with Gasteiger partial charge in [-0.2, -0.15) is 0 Å². The van der Waals surface area contributed by atoms with Gasteiger partial charge in [-0.05, 0) is 37.8 Å². The van der Waals surface area contributed by atoms with Gasteiger partial charge >= 0.3 is 5.97 Å². The van der Waals surface area contributed by atoms with Crippen LogP contribution in [0.4, 0.5) is 4.39 Å². The van der Waals surface area contributed by atoms with Gasteiger partial charge in [0.05, 0.1) is 11.5 Å². The lowest BCUT2D eigenvalue weighted by molar-refractivity contribution is -0.227. The number of alkyl halides is 1. The van der Waals surface area contributed by atoms with Gasteiger partial charge in [0.1, 0.15) is 6.61 Å². The van der Waals surface area contributed by atoms with Crippen LogP contribution in [0.1, 0.15) is 53.4 Å². The standard InChI is InChI=1S/C25H31FO7/c1-5-21(32)33-25(20(31)12-27)13(2)8-15-16-10-18(29)17-9-14(28)6-7-22(17,3)24(16,26)19(30)11-23(15,25)4/h6-7,9,13,15-16,19,27,30H,5,8,10-12H2,1-4H3/t13-,15-,16-,19-,22-,23-,24-,25+/m0/s1. The van der Waals surface area contributed by atoms with Crippen LogP contribution >= 0.6 is 0 Å². The third kappa shape index (κ3) is 2.74. The minimum Gasteiger partial charge on any atom is -0.450 e.